The van der Waals surface area contributed by atoms with Crippen molar-refractivity contribution in [2.24, 2.45) is 5.92 Å². The van der Waals surface area contributed by atoms with Gasteiger partial charge in [0.25, 0.3) is 0 Å². The van der Waals surface area contributed by atoms with Gasteiger partial charge in [-0.25, -0.2) is 4.98 Å². The van der Waals surface area contributed by atoms with Crippen molar-refractivity contribution in [3.8, 4) is 0 Å². The van der Waals surface area contributed by atoms with Crippen LogP contribution in [0.3, 0.4) is 0 Å². The highest BCUT2D eigenvalue weighted by atomic mass is 32.1. The third-order valence-electron chi connectivity index (χ3n) is 4.17. The molecule has 2 saturated heterocycles. The molecule has 2 bridgehead atoms. The van der Waals surface area contributed by atoms with Crippen LogP contribution in [0.5, 0.6) is 0 Å². The van der Waals surface area contributed by atoms with E-state index in [9.17, 15) is 4.79 Å². The zero-order chi connectivity index (χ0) is 13.6. The van der Waals surface area contributed by atoms with E-state index in [1.165, 1.54) is 0 Å². The monoisotopic (exact) mass is 279 g/mol. The highest BCUT2D eigenvalue weighted by Gasteiger charge is 2.44. The van der Waals surface area contributed by atoms with E-state index in [1.807, 2.05) is 0 Å². The van der Waals surface area contributed by atoms with Crippen LogP contribution >= 0.6 is 11.3 Å². The van der Waals surface area contributed by atoms with Gasteiger partial charge in [-0.3, -0.25) is 4.79 Å². The summed E-state index contributed by atoms with van der Waals surface area (Å²) in [7, 11) is 0. The summed E-state index contributed by atoms with van der Waals surface area (Å²) in [6.07, 6.45) is 4.16. The summed E-state index contributed by atoms with van der Waals surface area (Å²) in [6, 6.07) is 0. The van der Waals surface area contributed by atoms with Crippen LogP contribution in [0.1, 0.15) is 50.7 Å². The highest BCUT2D eigenvalue weighted by molar-refractivity contribution is 7.09. The van der Waals surface area contributed by atoms with Gasteiger partial charge in [-0.2, -0.15) is 0 Å². The van der Waals surface area contributed by atoms with E-state index in [2.05, 4.69) is 31.1 Å². The van der Waals surface area contributed by atoms with E-state index in [0.29, 0.717) is 18.3 Å². The Kier molecular flexibility index (Phi) is 3.26. The largest absolute Gasteiger partial charge is 0.374 e. The molecule has 2 aliphatic rings. The van der Waals surface area contributed by atoms with Gasteiger partial charge in [0.15, 0.2) is 0 Å². The van der Waals surface area contributed by atoms with Crippen molar-refractivity contribution >= 4 is 17.1 Å². The van der Waals surface area contributed by atoms with Crippen molar-refractivity contribution in [1.82, 2.24) is 4.98 Å². The minimum atomic E-state index is 0.0628. The van der Waals surface area contributed by atoms with Gasteiger partial charge in [-0.05, 0) is 19.3 Å². The molecule has 0 aliphatic carbocycles. The number of carbonyl (C=O) groups excluding carboxylic acids is 1. The topological polar surface area (TPSA) is 39.2 Å². The third-order valence-corrected chi connectivity index (χ3v) is 5.01. The Balaban J connectivity index is 1.65. The minimum absolute atomic E-state index is 0.0628. The summed E-state index contributed by atoms with van der Waals surface area (Å²) < 4.78 is 5.77. The summed E-state index contributed by atoms with van der Waals surface area (Å²) in [5, 5.41) is 3.04. The van der Waals surface area contributed by atoms with Crippen LogP contribution in [0.25, 0.3) is 0 Å². The van der Waals surface area contributed by atoms with Crippen LogP contribution in [-0.2, 0) is 21.4 Å². The van der Waals surface area contributed by atoms with E-state index in [1.54, 1.807) is 11.3 Å². The molecule has 2 aliphatic heterocycles. The predicted octanol–water partition coefficient (Wildman–Crippen LogP) is 3.12. The summed E-state index contributed by atoms with van der Waals surface area (Å²) in [5.41, 5.74) is 1.15. The van der Waals surface area contributed by atoms with Gasteiger partial charge in [0, 0.05) is 16.7 Å². The van der Waals surface area contributed by atoms with Gasteiger partial charge in [0.2, 0.25) is 0 Å². The number of carbonyl (C=O) groups is 1. The molecule has 3 rings (SSSR count). The van der Waals surface area contributed by atoms with Gasteiger partial charge in [0.1, 0.15) is 10.8 Å². The molecular weight excluding hydrogens is 258 g/mol. The highest BCUT2D eigenvalue weighted by Crippen LogP contribution is 2.39. The molecule has 3 nitrogen and oxygen atoms in total. The van der Waals surface area contributed by atoms with Gasteiger partial charge in [-0.1, -0.05) is 20.8 Å². The first kappa shape index (κ1) is 13.3. The number of aromatic nitrogens is 1. The number of ketones is 1. The zero-order valence-electron chi connectivity index (χ0n) is 11.8. The number of rotatable bonds is 3. The molecule has 4 heteroatoms. The van der Waals surface area contributed by atoms with Gasteiger partial charge >= 0.3 is 0 Å². The summed E-state index contributed by atoms with van der Waals surface area (Å²) in [5.74, 6) is 0.447. The zero-order valence-corrected chi connectivity index (χ0v) is 12.6. The Morgan fingerprint density at radius 1 is 1.47 bits per heavy atom. The molecule has 3 unspecified atom stereocenters. The molecule has 3 atom stereocenters. The molecule has 0 aromatic carbocycles. The third kappa shape index (κ3) is 2.61. The minimum Gasteiger partial charge on any atom is -0.374 e. The maximum absolute atomic E-state index is 12.4. The lowest BCUT2D eigenvalue weighted by Gasteiger charge is -2.16. The Labute approximate surface area is 118 Å². The Morgan fingerprint density at radius 3 is 2.79 bits per heavy atom. The molecule has 3 heterocycles. The fourth-order valence-corrected chi connectivity index (χ4v) is 4.02. The van der Waals surface area contributed by atoms with Crippen LogP contribution in [-0.4, -0.2) is 23.0 Å². The maximum atomic E-state index is 12.4. The molecule has 2 fully saturated rings. The number of fused-ring (bicyclic) bond motifs is 2. The van der Waals surface area contributed by atoms with Crippen LogP contribution < -0.4 is 0 Å². The standard InChI is InChI=1S/C15H21NO2S/c1-15(2,3)13-8-19-14(16-13)7-11(17)10-6-9-4-5-12(10)18-9/h8-10,12H,4-7H2,1-3H3. The lowest BCUT2D eigenvalue weighted by atomic mass is 9.85. The molecule has 104 valence electrons. The molecule has 0 N–H and O–H groups in total. The molecule has 0 saturated carbocycles. The summed E-state index contributed by atoms with van der Waals surface area (Å²) in [6.45, 7) is 6.45. The van der Waals surface area contributed by atoms with E-state index in [0.717, 1.165) is 30.0 Å². The van der Waals surface area contributed by atoms with Gasteiger partial charge < -0.3 is 4.74 Å². The quantitative estimate of drug-likeness (QED) is 0.853. The Bertz CT molecular complexity index is 489. The average Bonchev–Trinajstić information content (AvgIpc) is 3.02. The first-order valence-corrected chi connectivity index (χ1v) is 7.94. The van der Waals surface area contributed by atoms with Crippen molar-refractivity contribution in [3.63, 3.8) is 0 Å². The molecular formula is C15H21NO2S. The van der Waals surface area contributed by atoms with Gasteiger partial charge in [0.05, 0.1) is 24.3 Å². The number of hydrogen-bond acceptors (Lipinski definition) is 4. The Hall–Kier alpha value is -0.740. The van der Waals surface area contributed by atoms with Crippen molar-refractivity contribution in [1.29, 1.82) is 0 Å². The number of ether oxygens (including phenoxy) is 1. The van der Waals surface area contributed by atoms with E-state index in [4.69, 9.17) is 4.74 Å². The molecule has 0 radical (unpaired) electrons. The van der Waals surface area contributed by atoms with Crippen molar-refractivity contribution in [2.75, 3.05) is 0 Å². The van der Waals surface area contributed by atoms with Crippen LogP contribution in [0, 0.1) is 5.92 Å². The molecule has 0 amide bonds. The summed E-state index contributed by atoms with van der Waals surface area (Å²) >= 11 is 1.61. The molecule has 1 aromatic rings. The van der Waals surface area contributed by atoms with Crippen LogP contribution in [0.4, 0.5) is 0 Å². The fraction of sp³-hybridized carbons (Fsp3) is 0.733. The second-order valence-corrected chi connectivity index (χ2v) is 7.68. The van der Waals surface area contributed by atoms with Crippen LogP contribution in [0.2, 0.25) is 0 Å². The number of thiazole rings is 1. The van der Waals surface area contributed by atoms with E-state index >= 15 is 0 Å². The normalized spacial score (nSPS) is 29.9. The first-order valence-electron chi connectivity index (χ1n) is 7.06. The lowest BCUT2D eigenvalue weighted by Crippen LogP contribution is -2.26. The lowest BCUT2D eigenvalue weighted by molar-refractivity contribution is -0.123. The van der Waals surface area contributed by atoms with E-state index in [-0.39, 0.29) is 17.4 Å². The number of Topliss-reactive ketones (excluding diaryl/α,β-unsaturated/α-hetero) is 1. The molecule has 0 spiro atoms. The predicted molar refractivity (Wildman–Crippen MR) is 75.5 cm³/mol. The molecule has 19 heavy (non-hydrogen) atoms. The van der Waals surface area contributed by atoms with Crippen molar-refractivity contribution in [2.45, 2.75) is 64.1 Å². The second kappa shape index (κ2) is 4.67. The molecule has 1 aromatic heterocycles. The second-order valence-electron chi connectivity index (χ2n) is 6.74. The van der Waals surface area contributed by atoms with Gasteiger partial charge in [-0.15, -0.1) is 11.3 Å². The van der Waals surface area contributed by atoms with Crippen molar-refractivity contribution < 1.29 is 9.53 Å². The summed E-state index contributed by atoms with van der Waals surface area (Å²) in [4.78, 5) is 17.0. The van der Waals surface area contributed by atoms with Crippen LogP contribution in [0.15, 0.2) is 5.38 Å². The first-order chi connectivity index (χ1) is 8.93. The maximum Gasteiger partial charge on any atom is 0.145 e. The fourth-order valence-electron chi connectivity index (χ4n) is 2.99. The average molecular weight is 279 g/mol. The Morgan fingerprint density at radius 2 is 2.26 bits per heavy atom. The van der Waals surface area contributed by atoms with Crippen molar-refractivity contribution in [3.05, 3.63) is 16.1 Å². The smallest absolute Gasteiger partial charge is 0.145 e. The number of nitrogens with zero attached hydrogens (tertiary/aromatic N) is 1. The number of hydrogen-bond donors (Lipinski definition) is 0. The SMILES string of the molecule is CC(C)(C)c1csc(CC(=O)C2CC3CCC2O3)n1. The van der Waals surface area contributed by atoms with E-state index < -0.39 is 0 Å².